The minimum Gasteiger partial charge on any atom is -0.479 e. The largest absolute Gasteiger partial charge is 0.519 e. The second kappa shape index (κ2) is 7.23. The molecular weight excluding hydrogens is 394 g/mol. The van der Waals surface area contributed by atoms with Gasteiger partial charge in [0.2, 0.25) is 5.43 Å². The van der Waals surface area contributed by atoms with E-state index >= 15 is 0 Å². The Kier molecular flexibility index (Phi) is 4.40. The average molecular weight is 411 g/mol. The molecule has 1 atom stereocenters. The highest BCUT2D eigenvalue weighted by molar-refractivity contribution is 5.96. The van der Waals surface area contributed by atoms with Crippen molar-refractivity contribution in [1.29, 1.82) is 0 Å². The van der Waals surface area contributed by atoms with Gasteiger partial charge in [-0.05, 0) is 0 Å². The first-order valence-corrected chi connectivity index (χ1v) is 9.34. The van der Waals surface area contributed by atoms with E-state index < -0.39 is 11.3 Å². The number of nitrogens with zero attached hydrogens (tertiary/aromatic N) is 2. The number of hydrogen-bond donors (Lipinski definition) is 1. The maximum absolute atomic E-state index is 13.0. The maximum atomic E-state index is 13.0. The zero-order chi connectivity index (χ0) is 20.7. The van der Waals surface area contributed by atoms with Gasteiger partial charge in [-0.25, -0.2) is 4.79 Å². The summed E-state index contributed by atoms with van der Waals surface area (Å²) in [7, 11) is 0. The molecule has 0 radical (unpaired) electrons. The van der Waals surface area contributed by atoms with E-state index in [1.807, 2.05) is 6.07 Å². The van der Waals surface area contributed by atoms with Gasteiger partial charge in [-0.3, -0.25) is 14.3 Å². The molecule has 30 heavy (non-hydrogen) atoms. The van der Waals surface area contributed by atoms with Gasteiger partial charge in [0, 0.05) is 24.4 Å². The van der Waals surface area contributed by atoms with Crippen molar-refractivity contribution in [3.8, 4) is 17.1 Å². The van der Waals surface area contributed by atoms with E-state index in [9.17, 15) is 14.4 Å². The molecule has 1 fully saturated rings. The summed E-state index contributed by atoms with van der Waals surface area (Å²) in [6.45, 7) is 0.891. The summed E-state index contributed by atoms with van der Waals surface area (Å²) in [5, 5.41) is 0. The van der Waals surface area contributed by atoms with Gasteiger partial charge in [0.15, 0.2) is 29.6 Å². The molecule has 2 aliphatic heterocycles. The third-order valence-electron chi connectivity index (χ3n) is 4.96. The van der Waals surface area contributed by atoms with Crippen molar-refractivity contribution in [2.75, 3.05) is 25.2 Å². The van der Waals surface area contributed by atoms with Crippen LogP contribution in [0.15, 0.2) is 61.0 Å². The van der Waals surface area contributed by atoms with Crippen molar-refractivity contribution < 1.29 is 23.1 Å². The molecule has 1 unspecified atom stereocenters. The van der Waals surface area contributed by atoms with Crippen LogP contribution in [0.5, 0.6) is 5.75 Å². The molecule has 2 aliphatic rings. The zero-order valence-electron chi connectivity index (χ0n) is 15.7. The minimum absolute atomic E-state index is 0.0766. The Hall–Kier alpha value is -3.79. The second-order valence-electron chi connectivity index (χ2n) is 6.81. The molecule has 10 heteroatoms. The summed E-state index contributed by atoms with van der Waals surface area (Å²) >= 11 is 0. The summed E-state index contributed by atoms with van der Waals surface area (Å²) in [4.78, 5) is 38.8. The predicted molar refractivity (Wildman–Crippen MR) is 103 cm³/mol. The first kappa shape index (κ1) is 18.3. The average Bonchev–Trinajstić information content (AvgIpc) is 3.14. The molecule has 0 spiro atoms. The number of amides is 1. The van der Waals surface area contributed by atoms with Crippen molar-refractivity contribution >= 4 is 5.91 Å². The molecule has 1 N–H and O–H groups in total. The number of carbonyl (C=O) groups excluding carboxylic acids is 1. The fourth-order valence-electron chi connectivity index (χ4n) is 3.57. The van der Waals surface area contributed by atoms with Gasteiger partial charge >= 0.3 is 5.82 Å². The van der Waals surface area contributed by atoms with Crippen molar-refractivity contribution in [3.63, 3.8) is 0 Å². The molecule has 0 aliphatic carbocycles. The van der Waals surface area contributed by atoms with Gasteiger partial charge in [-0.15, -0.1) is 0 Å². The molecule has 4 heterocycles. The number of ether oxygens (including phenoxy) is 2. The molecule has 10 nitrogen and oxygen atoms in total. The number of pyridine rings is 1. The zero-order valence-corrected chi connectivity index (χ0v) is 15.7. The summed E-state index contributed by atoms with van der Waals surface area (Å²) < 4.78 is 22.8. The topological polar surface area (TPSA) is 116 Å². The Morgan fingerprint density at radius 3 is 2.77 bits per heavy atom. The van der Waals surface area contributed by atoms with E-state index in [0.717, 1.165) is 0 Å². The van der Waals surface area contributed by atoms with Crippen molar-refractivity contribution in [3.05, 3.63) is 74.9 Å². The second-order valence-corrected chi connectivity index (χ2v) is 6.81. The number of benzene rings is 1. The fraction of sp³-hybridized carbons (Fsp3) is 0.250. The van der Waals surface area contributed by atoms with Crippen LogP contribution in [0.4, 0.5) is 0 Å². The Morgan fingerprint density at radius 1 is 1.10 bits per heavy atom. The van der Waals surface area contributed by atoms with E-state index in [1.54, 1.807) is 29.2 Å². The summed E-state index contributed by atoms with van der Waals surface area (Å²) in [6, 6.07) is 10.2. The normalized spacial score (nSPS) is 17.8. The van der Waals surface area contributed by atoms with E-state index in [1.165, 1.54) is 16.9 Å². The van der Waals surface area contributed by atoms with Crippen LogP contribution in [-0.2, 0) is 11.3 Å². The van der Waals surface area contributed by atoms with Crippen LogP contribution in [0.3, 0.4) is 0 Å². The number of nitrogens with one attached hydrogen (secondary N) is 1. The summed E-state index contributed by atoms with van der Waals surface area (Å²) in [6.07, 6.45) is 1.15. The van der Waals surface area contributed by atoms with Crippen LogP contribution in [-0.4, -0.2) is 41.4 Å². The highest BCUT2D eigenvalue weighted by atomic mass is 16.6. The predicted octanol–water partition coefficient (Wildman–Crippen LogP) is 0.996. The quantitative estimate of drug-likeness (QED) is 0.676. The number of fused-ring (bicyclic) bond motifs is 2. The third-order valence-corrected chi connectivity index (χ3v) is 4.96. The standard InChI is InChI=1S/C20H17N3O7/c24-13-6-7-23-16(19(25)22-8-9-27-11-15(22)21-23)18(13)28-10-14-17(30-20(26)29-14)12-4-2-1-3-5-12/h1-7,15,21H,8-11H2. The number of hydrogen-bond acceptors (Lipinski definition) is 8. The van der Waals surface area contributed by atoms with Crippen molar-refractivity contribution in [1.82, 2.24) is 9.58 Å². The first-order valence-electron chi connectivity index (χ1n) is 9.34. The Labute approximate surface area is 169 Å². The number of morpholine rings is 1. The molecule has 1 saturated heterocycles. The van der Waals surface area contributed by atoms with E-state index in [0.29, 0.717) is 25.3 Å². The van der Waals surface area contributed by atoms with Crippen LogP contribution in [0.25, 0.3) is 11.3 Å². The van der Waals surface area contributed by atoms with Gasteiger partial charge in [-0.2, -0.15) is 0 Å². The Balaban J connectivity index is 1.49. The smallest absolute Gasteiger partial charge is 0.479 e. The van der Waals surface area contributed by atoms with Crippen LogP contribution >= 0.6 is 0 Å². The number of rotatable bonds is 4. The number of aromatic nitrogens is 1. The van der Waals surface area contributed by atoms with Crippen molar-refractivity contribution in [2.24, 2.45) is 0 Å². The molecule has 5 rings (SSSR count). The van der Waals surface area contributed by atoms with Crippen LogP contribution in [0.1, 0.15) is 16.2 Å². The lowest BCUT2D eigenvalue weighted by molar-refractivity contribution is -0.00329. The highest BCUT2D eigenvalue weighted by Gasteiger charge is 2.37. The minimum atomic E-state index is -0.881. The number of carbonyl (C=O) groups is 1. The van der Waals surface area contributed by atoms with Crippen LogP contribution < -0.4 is 21.4 Å². The van der Waals surface area contributed by atoms with E-state index in [4.69, 9.17) is 18.3 Å². The summed E-state index contributed by atoms with van der Waals surface area (Å²) in [5.41, 5.74) is 3.36. The summed E-state index contributed by atoms with van der Waals surface area (Å²) in [5.74, 6) is -1.03. The fourth-order valence-corrected chi connectivity index (χ4v) is 3.57. The molecule has 3 aromatic rings. The molecule has 0 saturated carbocycles. The first-order chi connectivity index (χ1) is 14.6. The lowest BCUT2D eigenvalue weighted by Gasteiger charge is -2.41. The van der Waals surface area contributed by atoms with E-state index in [2.05, 4.69) is 5.43 Å². The van der Waals surface area contributed by atoms with Gasteiger partial charge in [-0.1, -0.05) is 30.3 Å². The molecule has 154 valence electrons. The Bertz CT molecular complexity index is 1210. The third kappa shape index (κ3) is 3.07. The lowest BCUT2D eigenvalue weighted by Crippen LogP contribution is -2.59. The monoisotopic (exact) mass is 411 g/mol. The SMILES string of the molecule is O=C1c2c(OCc3oc(=O)oc3-c3ccccc3)c(=O)ccn2NC2COCCN12. The molecule has 2 aromatic heterocycles. The Morgan fingerprint density at radius 2 is 1.93 bits per heavy atom. The molecule has 0 bridgehead atoms. The van der Waals surface area contributed by atoms with E-state index in [-0.39, 0.29) is 41.6 Å². The van der Waals surface area contributed by atoms with Crippen molar-refractivity contribution in [2.45, 2.75) is 12.8 Å². The van der Waals surface area contributed by atoms with Gasteiger partial charge < -0.3 is 28.6 Å². The van der Waals surface area contributed by atoms with Gasteiger partial charge in [0.25, 0.3) is 5.91 Å². The van der Waals surface area contributed by atoms with Gasteiger partial charge in [0.05, 0.1) is 13.2 Å². The lowest BCUT2D eigenvalue weighted by atomic mass is 10.1. The van der Waals surface area contributed by atoms with Crippen LogP contribution in [0, 0.1) is 0 Å². The molecular formula is C20H17N3O7. The maximum Gasteiger partial charge on any atom is 0.519 e. The molecule has 1 aromatic carbocycles. The highest BCUT2D eigenvalue weighted by Crippen LogP contribution is 2.26. The molecule has 1 amide bonds. The van der Waals surface area contributed by atoms with Gasteiger partial charge in [0.1, 0.15) is 6.17 Å². The van der Waals surface area contributed by atoms with Crippen LogP contribution in [0.2, 0.25) is 0 Å².